The largest absolute Gasteiger partial charge is 0.504 e. The summed E-state index contributed by atoms with van der Waals surface area (Å²) in [5.41, 5.74) is 8.08. The number of aromatic nitrogens is 2. The van der Waals surface area contributed by atoms with Crippen molar-refractivity contribution in [1.82, 2.24) is 9.55 Å². The van der Waals surface area contributed by atoms with Crippen LogP contribution in [0.4, 0.5) is 5.95 Å². The molecule has 0 bridgehead atoms. The predicted octanol–water partition coefficient (Wildman–Crippen LogP) is 2.59. The van der Waals surface area contributed by atoms with Gasteiger partial charge in [-0.1, -0.05) is 12.1 Å². The van der Waals surface area contributed by atoms with Gasteiger partial charge in [-0.15, -0.1) is 0 Å². The van der Waals surface area contributed by atoms with E-state index in [2.05, 4.69) is 15.3 Å². The van der Waals surface area contributed by atoms with E-state index in [0.29, 0.717) is 54.1 Å². The first-order valence-corrected chi connectivity index (χ1v) is 9.52. The summed E-state index contributed by atoms with van der Waals surface area (Å²) >= 11 is 0. The number of phenolic OH excluding ortho intramolecular Hbond substituents is 1. The number of guanidine groups is 1. The molecule has 0 spiro atoms. The lowest BCUT2D eigenvalue weighted by atomic mass is 10.1. The smallest absolute Gasteiger partial charge is 0.212 e. The van der Waals surface area contributed by atoms with E-state index in [1.807, 2.05) is 29.7 Å². The highest BCUT2D eigenvalue weighted by Crippen LogP contribution is 2.42. The lowest BCUT2D eigenvalue weighted by Gasteiger charge is -2.25. The number of fused-ring (bicyclic) bond motifs is 4. The van der Waals surface area contributed by atoms with Crippen LogP contribution in [0.5, 0.6) is 23.0 Å². The molecule has 4 N–H and O–H groups in total. The monoisotopic (exact) mass is 395 g/mol. The van der Waals surface area contributed by atoms with Crippen LogP contribution in [0.2, 0.25) is 0 Å². The Labute approximate surface area is 166 Å². The van der Waals surface area contributed by atoms with Crippen LogP contribution in [0.25, 0.3) is 11.0 Å². The molecule has 150 valence electrons. The number of benzene rings is 2. The maximum atomic E-state index is 10.8. The molecule has 2 aromatic carbocycles. The van der Waals surface area contributed by atoms with Crippen LogP contribution in [-0.2, 0) is 0 Å². The highest BCUT2D eigenvalue weighted by molar-refractivity contribution is 5.95. The Morgan fingerprint density at radius 1 is 1.28 bits per heavy atom. The first-order valence-electron chi connectivity index (χ1n) is 9.52. The fourth-order valence-corrected chi connectivity index (χ4v) is 3.65. The van der Waals surface area contributed by atoms with E-state index < -0.39 is 6.17 Å². The van der Waals surface area contributed by atoms with Crippen molar-refractivity contribution in [3.05, 3.63) is 35.9 Å². The Bertz CT molecular complexity index is 1120. The van der Waals surface area contributed by atoms with Gasteiger partial charge in [-0.05, 0) is 13.0 Å². The standard InChI is InChI=1S/C20H21N5O4/c1-2-27-14-6-3-5-11(17(14)26)18-23-19(21)24-20-22-12-9-15-16(10-13(12)25(18)20)29-8-4-7-28-15/h3,5-6,9-10,18,26H,2,4,7-8H2,1H3,(H3,21,22,23,24)/t18-/m1/s1. The zero-order valence-corrected chi connectivity index (χ0v) is 15.9. The van der Waals surface area contributed by atoms with Gasteiger partial charge in [0.05, 0.1) is 30.9 Å². The number of ether oxygens (including phenoxy) is 3. The fraction of sp³-hybridized carbons (Fsp3) is 0.300. The van der Waals surface area contributed by atoms with Gasteiger partial charge in [0.25, 0.3) is 0 Å². The van der Waals surface area contributed by atoms with Crippen molar-refractivity contribution in [2.24, 2.45) is 10.7 Å². The number of aliphatic imine (C=N–C) groups is 1. The van der Waals surface area contributed by atoms with E-state index in [0.717, 1.165) is 11.9 Å². The molecule has 9 heteroatoms. The van der Waals surface area contributed by atoms with Gasteiger partial charge < -0.3 is 25.1 Å². The molecule has 0 aliphatic carbocycles. The van der Waals surface area contributed by atoms with Gasteiger partial charge in [-0.2, -0.15) is 0 Å². The number of anilines is 1. The van der Waals surface area contributed by atoms with Crippen molar-refractivity contribution in [2.75, 3.05) is 25.1 Å². The fourth-order valence-electron chi connectivity index (χ4n) is 3.65. The summed E-state index contributed by atoms with van der Waals surface area (Å²) < 4.78 is 19.0. The summed E-state index contributed by atoms with van der Waals surface area (Å²) in [6, 6.07) is 9.07. The lowest BCUT2D eigenvalue weighted by Crippen LogP contribution is -2.31. The molecule has 0 saturated carbocycles. The van der Waals surface area contributed by atoms with Crippen molar-refractivity contribution in [3.63, 3.8) is 0 Å². The summed E-state index contributed by atoms with van der Waals surface area (Å²) in [4.78, 5) is 9.18. The van der Waals surface area contributed by atoms with Gasteiger partial charge in [0.2, 0.25) is 5.95 Å². The van der Waals surface area contributed by atoms with Crippen LogP contribution in [0.1, 0.15) is 25.1 Å². The summed E-state index contributed by atoms with van der Waals surface area (Å²) in [6.07, 6.45) is 0.210. The maximum absolute atomic E-state index is 10.8. The van der Waals surface area contributed by atoms with E-state index in [4.69, 9.17) is 19.9 Å². The molecule has 5 rings (SSSR count). The highest BCUT2D eigenvalue weighted by atomic mass is 16.5. The normalized spacial score (nSPS) is 17.8. The van der Waals surface area contributed by atoms with E-state index in [9.17, 15) is 5.11 Å². The molecule has 0 unspecified atom stereocenters. The number of para-hydroxylation sites is 1. The van der Waals surface area contributed by atoms with E-state index in [1.54, 1.807) is 12.1 Å². The van der Waals surface area contributed by atoms with Crippen molar-refractivity contribution in [1.29, 1.82) is 0 Å². The summed E-state index contributed by atoms with van der Waals surface area (Å²) in [6.45, 7) is 3.49. The molecule has 2 aliphatic rings. The molecule has 0 saturated heterocycles. The second-order valence-electron chi connectivity index (χ2n) is 6.78. The average molecular weight is 395 g/mol. The van der Waals surface area contributed by atoms with Crippen LogP contribution in [0.3, 0.4) is 0 Å². The van der Waals surface area contributed by atoms with E-state index in [-0.39, 0.29) is 11.7 Å². The molecule has 29 heavy (non-hydrogen) atoms. The zero-order chi connectivity index (χ0) is 20.0. The van der Waals surface area contributed by atoms with Crippen LogP contribution in [0, 0.1) is 0 Å². The molecule has 3 aromatic rings. The van der Waals surface area contributed by atoms with Crippen molar-refractivity contribution in [2.45, 2.75) is 19.5 Å². The van der Waals surface area contributed by atoms with Crippen LogP contribution < -0.4 is 25.3 Å². The van der Waals surface area contributed by atoms with Crippen LogP contribution >= 0.6 is 0 Å². The first-order chi connectivity index (χ1) is 14.2. The van der Waals surface area contributed by atoms with Crippen molar-refractivity contribution in [3.8, 4) is 23.0 Å². The molecule has 9 nitrogen and oxygen atoms in total. The third kappa shape index (κ3) is 2.86. The molecule has 1 atom stereocenters. The Balaban J connectivity index is 1.70. The molecule has 2 aliphatic heterocycles. The Hall–Kier alpha value is -3.62. The number of nitrogens with zero attached hydrogens (tertiary/aromatic N) is 3. The maximum Gasteiger partial charge on any atom is 0.212 e. The second-order valence-corrected chi connectivity index (χ2v) is 6.78. The summed E-state index contributed by atoms with van der Waals surface area (Å²) in [5, 5.41) is 13.8. The SMILES string of the molecule is CCOc1cccc([C@@H]2N=C(N)Nc3nc4cc5c(cc4n32)OCCCO5)c1O. The molecular weight excluding hydrogens is 374 g/mol. The number of rotatable bonds is 3. The van der Waals surface area contributed by atoms with Gasteiger partial charge in [-0.3, -0.25) is 9.88 Å². The molecule has 0 fully saturated rings. The second kappa shape index (κ2) is 6.77. The van der Waals surface area contributed by atoms with Gasteiger partial charge in [-0.25, -0.2) is 9.98 Å². The first kappa shape index (κ1) is 17.5. The minimum absolute atomic E-state index is 0.0277. The number of hydrogen-bond donors (Lipinski definition) is 3. The van der Waals surface area contributed by atoms with Gasteiger partial charge in [0.15, 0.2) is 35.1 Å². The number of nitrogens with one attached hydrogen (secondary N) is 1. The molecule has 3 heterocycles. The van der Waals surface area contributed by atoms with Gasteiger partial charge in [0.1, 0.15) is 0 Å². The van der Waals surface area contributed by atoms with Crippen LogP contribution in [-0.4, -0.2) is 40.4 Å². The number of hydrogen-bond acceptors (Lipinski definition) is 8. The average Bonchev–Trinajstić information content (AvgIpc) is 2.89. The number of imidazole rings is 1. The third-order valence-corrected chi connectivity index (χ3v) is 4.91. The van der Waals surface area contributed by atoms with Gasteiger partial charge >= 0.3 is 0 Å². The minimum atomic E-state index is -0.610. The van der Waals surface area contributed by atoms with Crippen LogP contribution in [0.15, 0.2) is 35.3 Å². The number of phenols is 1. The van der Waals surface area contributed by atoms with Gasteiger partial charge in [0, 0.05) is 24.1 Å². The lowest BCUT2D eigenvalue weighted by molar-refractivity contribution is 0.297. The zero-order valence-electron chi connectivity index (χ0n) is 15.9. The Morgan fingerprint density at radius 3 is 2.86 bits per heavy atom. The number of nitrogens with two attached hydrogens (primary N) is 1. The van der Waals surface area contributed by atoms with Crippen molar-refractivity contribution < 1.29 is 19.3 Å². The van der Waals surface area contributed by atoms with E-state index >= 15 is 0 Å². The molecule has 1 aromatic heterocycles. The highest BCUT2D eigenvalue weighted by Gasteiger charge is 2.29. The quantitative estimate of drug-likeness (QED) is 0.624. The Kier molecular flexibility index (Phi) is 4.08. The topological polar surface area (TPSA) is 116 Å². The van der Waals surface area contributed by atoms with E-state index in [1.165, 1.54) is 0 Å². The summed E-state index contributed by atoms with van der Waals surface area (Å²) in [5.74, 6) is 2.49. The third-order valence-electron chi connectivity index (χ3n) is 4.91. The Morgan fingerprint density at radius 2 is 2.07 bits per heavy atom. The predicted molar refractivity (Wildman–Crippen MR) is 108 cm³/mol. The minimum Gasteiger partial charge on any atom is -0.504 e. The molecule has 0 radical (unpaired) electrons. The van der Waals surface area contributed by atoms with Crippen molar-refractivity contribution >= 4 is 22.9 Å². The summed E-state index contributed by atoms with van der Waals surface area (Å²) in [7, 11) is 0. The molecular formula is C20H21N5O4. The number of aromatic hydroxyl groups is 1. The molecule has 0 amide bonds.